The van der Waals surface area contributed by atoms with Gasteiger partial charge in [0, 0.05) is 18.8 Å². The van der Waals surface area contributed by atoms with E-state index in [1.807, 2.05) is 0 Å². The number of anilines is 1. The lowest BCUT2D eigenvalue weighted by atomic mass is 10.2. The van der Waals surface area contributed by atoms with Crippen LogP contribution in [0.2, 0.25) is 0 Å². The topological polar surface area (TPSA) is 74.2 Å². The van der Waals surface area contributed by atoms with E-state index in [1.165, 1.54) is 12.1 Å². The number of nitriles is 1. The fourth-order valence-corrected chi connectivity index (χ4v) is 1.64. The highest BCUT2D eigenvalue weighted by Crippen LogP contribution is 2.14. The largest absolute Gasteiger partial charge is 0.366 e. The summed E-state index contributed by atoms with van der Waals surface area (Å²) in [5, 5.41) is 14.2. The molecule has 0 unspecified atom stereocenters. The lowest BCUT2D eigenvalue weighted by Gasteiger charge is -2.22. The van der Waals surface area contributed by atoms with Crippen LogP contribution in [-0.4, -0.2) is 31.7 Å². The first-order valence-electron chi connectivity index (χ1n) is 5.53. The Morgan fingerprint density at radius 1 is 1.61 bits per heavy atom. The molecule has 0 aliphatic carbocycles. The molecule has 94 valence electrons. The smallest absolute Gasteiger partial charge is 0.254 e. The van der Waals surface area contributed by atoms with Crippen LogP contribution in [0.5, 0.6) is 0 Å². The number of carbonyl (C=O) groups excluding carboxylic acids is 1. The fourth-order valence-electron chi connectivity index (χ4n) is 1.64. The number of morpholine rings is 1. The van der Waals surface area contributed by atoms with Crippen LogP contribution >= 0.6 is 0 Å². The zero-order chi connectivity index (χ0) is 13.0. The molecule has 18 heavy (non-hydrogen) atoms. The van der Waals surface area contributed by atoms with Gasteiger partial charge in [0.1, 0.15) is 18.0 Å². The molecule has 0 aromatic heterocycles. The maximum absolute atomic E-state index is 13.3. The molecule has 2 N–H and O–H groups in total. The predicted octanol–water partition coefficient (Wildman–Crippen LogP) is 0.624. The van der Waals surface area contributed by atoms with Crippen molar-refractivity contribution in [3.05, 3.63) is 29.6 Å². The summed E-state index contributed by atoms with van der Waals surface area (Å²) in [5.41, 5.74) is 0.259. The van der Waals surface area contributed by atoms with Gasteiger partial charge in [-0.25, -0.2) is 4.39 Å². The lowest BCUT2D eigenvalue weighted by molar-refractivity contribution is -0.128. The van der Waals surface area contributed by atoms with Crippen molar-refractivity contribution >= 4 is 11.6 Å². The number of hydrogen-bond donors (Lipinski definition) is 2. The Balaban J connectivity index is 2.02. The fraction of sp³-hybridized carbons (Fsp3) is 0.333. The normalized spacial score (nSPS) is 19.0. The van der Waals surface area contributed by atoms with Gasteiger partial charge in [-0.3, -0.25) is 4.79 Å². The third kappa shape index (κ3) is 2.83. The summed E-state index contributed by atoms with van der Waals surface area (Å²) in [6.45, 7) is 1.62. The summed E-state index contributed by atoms with van der Waals surface area (Å²) in [4.78, 5) is 11.8. The molecular weight excluding hydrogens is 237 g/mol. The Morgan fingerprint density at radius 3 is 3.06 bits per heavy atom. The van der Waals surface area contributed by atoms with Crippen LogP contribution in [-0.2, 0) is 9.53 Å². The monoisotopic (exact) mass is 249 g/mol. The quantitative estimate of drug-likeness (QED) is 0.806. The second-order valence-electron chi connectivity index (χ2n) is 3.86. The van der Waals surface area contributed by atoms with E-state index in [0.29, 0.717) is 18.8 Å². The van der Waals surface area contributed by atoms with Crippen LogP contribution in [0, 0.1) is 17.1 Å². The van der Waals surface area contributed by atoms with Gasteiger partial charge in [0.25, 0.3) is 5.91 Å². The van der Waals surface area contributed by atoms with Crippen LogP contribution < -0.4 is 10.6 Å². The molecule has 0 bridgehead atoms. The number of nitrogens with zero attached hydrogens (tertiary/aromatic N) is 1. The SMILES string of the molecule is N#Cc1ccc(NC(=O)[C@H]2CNCCO2)cc1F. The molecular formula is C12H12FN3O2. The number of benzene rings is 1. The van der Waals surface area contributed by atoms with Crippen LogP contribution in [0.1, 0.15) is 5.56 Å². The molecule has 1 saturated heterocycles. The number of rotatable bonds is 2. The summed E-state index contributed by atoms with van der Waals surface area (Å²) >= 11 is 0. The Kier molecular flexibility index (Phi) is 3.87. The first kappa shape index (κ1) is 12.5. The molecule has 1 atom stereocenters. The van der Waals surface area contributed by atoms with Gasteiger partial charge < -0.3 is 15.4 Å². The number of nitrogens with one attached hydrogen (secondary N) is 2. The Hall–Kier alpha value is -1.97. The van der Waals surface area contributed by atoms with Crippen LogP contribution in [0.25, 0.3) is 0 Å². The molecule has 1 aromatic carbocycles. The first-order chi connectivity index (χ1) is 8.70. The Morgan fingerprint density at radius 2 is 2.44 bits per heavy atom. The molecule has 1 aliphatic rings. The zero-order valence-corrected chi connectivity index (χ0v) is 9.57. The number of hydrogen-bond acceptors (Lipinski definition) is 4. The van der Waals surface area contributed by atoms with Gasteiger partial charge in [-0.1, -0.05) is 0 Å². The lowest BCUT2D eigenvalue weighted by Crippen LogP contribution is -2.45. The van der Waals surface area contributed by atoms with E-state index in [9.17, 15) is 9.18 Å². The van der Waals surface area contributed by atoms with Crippen molar-refractivity contribution in [2.24, 2.45) is 0 Å². The van der Waals surface area contributed by atoms with Gasteiger partial charge in [0.05, 0.1) is 12.2 Å². The molecule has 1 amide bonds. The van der Waals surface area contributed by atoms with Crippen molar-refractivity contribution in [2.45, 2.75) is 6.10 Å². The second kappa shape index (κ2) is 5.58. The van der Waals surface area contributed by atoms with Crippen LogP contribution in [0.4, 0.5) is 10.1 Å². The summed E-state index contributed by atoms with van der Waals surface area (Å²) in [6.07, 6.45) is -0.572. The molecule has 1 aromatic rings. The molecule has 0 saturated carbocycles. The summed E-state index contributed by atoms with van der Waals surface area (Å²) < 4.78 is 18.6. The maximum Gasteiger partial charge on any atom is 0.254 e. The molecule has 2 rings (SSSR count). The molecule has 1 heterocycles. The van der Waals surface area contributed by atoms with E-state index in [0.717, 1.165) is 12.6 Å². The average Bonchev–Trinajstić information content (AvgIpc) is 2.40. The molecule has 1 fully saturated rings. The minimum atomic E-state index is -0.655. The van der Waals surface area contributed by atoms with E-state index in [-0.39, 0.29) is 11.5 Å². The highest BCUT2D eigenvalue weighted by Gasteiger charge is 2.21. The third-order valence-corrected chi connectivity index (χ3v) is 2.58. The van der Waals surface area contributed by atoms with Gasteiger partial charge in [-0.2, -0.15) is 5.26 Å². The number of carbonyl (C=O) groups is 1. The zero-order valence-electron chi connectivity index (χ0n) is 9.57. The minimum absolute atomic E-state index is 0.0522. The van der Waals surface area contributed by atoms with E-state index in [1.54, 1.807) is 6.07 Å². The van der Waals surface area contributed by atoms with Crippen molar-refractivity contribution < 1.29 is 13.9 Å². The molecule has 0 radical (unpaired) electrons. The van der Waals surface area contributed by atoms with Crippen molar-refractivity contribution in [3.63, 3.8) is 0 Å². The van der Waals surface area contributed by atoms with Crippen molar-refractivity contribution in [3.8, 4) is 6.07 Å². The first-order valence-corrected chi connectivity index (χ1v) is 5.53. The molecule has 0 spiro atoms. The van der Waals surface area contributed by atoms with Gasteiger partial charge >= 0.3 is 0 Å². The molecule has 1 aliphatic heterocycles. The minimum Gasteiger partial charge on any atom is -0.366 e. The maximum atomic E-state index is 13.3. The Labute approximate surface area is 104 Å². The summed E-state index contributed by atoms with van der Waals surface area (Å²) in [7, 11) is 0. The third-order valence-electron chi connectivity index (χ3n) is 2.58. The summed E-state index contributed by atoms with van der Waals surface area (Å²) in [5.74, 6) is -0.982. The van der Waals surface area contributed by atoms with Crippen molar-refractivity contribution in [1.29, 1.82) is 5.26 Å². The number of amides is 1. The standard InChI is InChI=1S/C12H12FN3O2/c13-10-5-9(2-1-8(10)6-14)16-12(17)11-7-15-3-4-18-11/h1-2,5,11,15H,3-4,7H2,(H,16,17)/t11-/m1/s1. The Bertz CT molecular complexity index is 493. The average molecular weight is 249 g/mol. The predicted molar refractivity (Wildman–Crippen MR) is 62.4 cm³/mol. The van der Waals surface area contributed by atoms with E-state index < -0.39 is 11.9 Å². The van der Waals surface area contributed by atoms with Gasteiger partial charge in [0.15, 0.2) is 0 Å². The van der Waals surface area contributed by atoms with E-state index in [2.05, 4.69) is 10.6 Å². The van der Waals surface area contributed by atoms with Gasteiger partial charge in [-0.05, 0) is 18.2 Å². The second-order valence-corrected chi connectivity index (χ2v) is 3.86. The van der Waals surface area contributed by atoms with Crippen LogP contribution in [0.3, 0.4) is 0 Å². The van der Waals surface area contributed by atoms with Gasteiger partial charge in [-0.15, -0.1) is 0 Å². The van der Waals surface area contributed by atoms with Crippen LogP contribution in [0.15, 0.2) is 18.2 Å². The van der Waals surface area contributed by atoms with E-state index >= 15 is 0 Å². The molecule has 5 nitrogen and oxygen atoms in total. The summed E-state index contributed by atoms with van der Waals surface area (Å²) in [6, 6.07) is 5.64. The highest BCUT2D eigenvalue weighted by atomic mass is 19.1. The van der Waals surface area contributed by atoms with Gasteiger partial charge in [0.2, 0.25) is 0 Å². The number of halogens is 1. The number of ether oxygens (including phenoxy) is 1. The van der Waals surface area contributed by atoms with Crippen molar-refractivity contribution in [2.75, 3.05) is 25.0 Å². The van der Waals surface area contributed by atoms with Crippen molar-refractivity contribution in [1.82, 2.24) is 5.32 Å². The highest BCUT2D eigenvalue weighted by molar-refractivity contribution is 5.94. The van der Waals surface area contributed by atoms with E-state index in [4.69, 9.17) is 10.00 Å². The molecule has 6 heteroatoms.